The van der Waals surface area contributed by atoms with Gasteiger partial charge in [-0.25, -0.2) is 4.79 Å². The van der Waals surface area contributed by atoms with Gasteiger partial charge in [-0.3, -0.25) is 4.79 Å². The Balaban J connectivity index is 1.11. The standard InChI is InChI=1S/C43H48O24/c1-59-24-9-17(4-6-20(24)47)40-26(12-19-22(61-40)10-18(46)11-23(19)62-41-37(56)34(53)31(50)27(13-44)65-41)64-43-39(58)36(55)33(52)29(67-43)15-60-30(49)7-3-16-2-5-21(48)25(8-16)63-42-38(57)35(54)32(51)28(14-45)66-42/h2-12,27-29,31-39,41-45,47-48,50-58H,13-15H2,1H3/b7-3+/t27-,28-,29-,31-,32-,33-,34+,35+,36+,37-,38-,39-,41-,42-,43-/m1/s1. The maximum Gasteiger partial charge on any atom is 0.330 e. The molecule has 15 atom stereocenters. The first-order chi connectivity index (χ1) is 31.9. The zero-order valence-corrected chi connectivity index (χ0v) is 34.9. The molecule has 67 heavy (non-hydrogen) atoms. The van der Waals surface area contributed by atoms with Gasteiger partial charge in [-0.1, -0.05) is 6.07 Å². The molecule has 1 aliphatic carbocycles. The number of carbonyl (C=O) groups is 1. The molecule has 3 saturated heterocycles. The van der Waals surface area contributed by atoms with Crippen LogP contribution in [-0.2, 0) is 23.7 Å². The molecule has 3 fully saturated rings. The van der Waals surface area contributed by atoms with Crippen molar-refractivity contribution in [2.45, 2.75) is 92.1 Å². The Morgan fingerprint density at radius 3 is 1.70 bits per heavy atom. The third-order valence-corrected chi connectivity index (χ3v) is 11.1. The van der Waals surface area contributed by atoms with E-state index in [9.17, 15) is 76.0 Å². The third kappa shape index (κ3) is 10.4. The van der Waals surface area contributed by atoms with E-state index in [1.54, 1.807) is 0 Å². The number of phenols is 2. The van der Waals surface area contributed by atoms with E-state index < -0.39 is 129 Å². The first-order valence-corrected chi connectivity index (χ1v) is 20.4. The monoisotopic (exact) mass is 948 g/mol. The maximum absolute atomic E-state index is 12.9. The lowest BCUT2D eigenvalue weighted by Gasteiger charge is -2.40. The fourth-order valence-electron chi connectivity index (χ4n) is 7.33. The van der Waals surface area contributed by atoms with Gasteiger partial charge in [0, 0.05) is 23.8 Å². The smallest absolute Gasteiger partial charge is 0.330 e. The number of methoxy groups -OCH3 is 1. The summed E-state index contributed by atoms with van der Waals surface area (Å²) in [7, 11) is 1.27. The highest BCUT2D eigenvalue weighted by Crippen LogP contribution is 2.44. The predicted octanol–water partition coefficient (Wildman–Crippen LogP) is -3.37. The number of aromatic hydroxyl groups is 2. The fourth-order valence-corrected chi connectivity index (χ4v) is 7.33. The van der Waals surface area contributed by atoms with E-state index in [0.29, 0.717) is 0 Å². The van der Waals surface area contributed by atoms with Crippen LogP contribution in [0.25, 0.3) is 28.7 Å². The molecule has 2 aromatic carbocycles. The third-order valence-electron chi connectivity index (χ3n) is 11.1. The molecular formula is C43H48O24. The molecule has 0 radical (unpaired) electrons. The van der Waals surface area contributed by atoms with Gasteiger partial charge in [-0.2, -0.15) is 0 Å². The number of hydrogen-bond acceptors (Lipinski definition) is 24. The molecule has 24 nitrogen and oxygen atoms in total. The van der Waals surface area contributed by atoms with Crippen LogP contribution in [0.5, 0.6) is 34.5 Å². The Hall–Kier alpha value is -5.68. The van der Waals surface area contributed by atoms with Crippen molar-refractivity contribution in [2.75, 3.05) is 26.9 Å². The van der Waals surface area contributed by atoms with Gasteiger partial charge in [-0.05, 0) is 48.0 Å². The molecule has 24 heteroatoms. The molecule has 4 aliphatic heterocycles. The van der Waals surface area contributed by atoms with Crippen molar-refractivity contribution >= 4 is 12.0 Å². The summed E-state index contributed by atoms with van der Waals surface area (Å²) in [5, 5.41) is 134. The minimum atomic E-state index is -1.98. The van der Waals surface area contributed by atoms with Gasteiger partial charge in [0.2, 0.25) is 18.9 Å². The molecule has 7 rings (SSSR count). The predicted molar refractivity (Wildman–Crippen MR) is 219 cm³/mol. The summed E-state index contributed by atoms with van der Waals surface area (Å²) in [6.45, 7) is -2.24. The number of fused-ring (bicyclic) bond motifs is 1. The van der Waals surface area contributed by atoms with E-state index in [1.165, 1.54) is 55.7 Å². The summed E-state index contributed by atoms with van der Waals surface area (Å²) >= 11 is 0. The van der Waals surface area contributed by atoms with Gasteiger partial charge in [-0.15, -0.1) is 0 Å². The first kappa shape index (κ1) is 49.2. The van der Waals surface area contributed by atoms with Crippen molar-refractivity contribution in [1.82, 2.24) is 0 Å². The van der Waals surface area contributed by atoms with Crippen LogP contribution in [0.15, 0.2) is 69.9 Å². The van der Waals surface area contributed by atoms with Gasteiger partial charge in [0.15, 0.2) is 39.9 Å². The zero-order valence-electron chi connectivity index (χ0n) is 34.9. The molecule has 5 aliphatic rings. The lowest BCUT2D eigenvalue weighted by atomic mass is 9.99. The summed E-state index contributed by atoms with van der Waals surface area (Å²) in [6.07, 6.45) is -23.8. The van der Waals surface area contributed by atoms with Crippen LogP contribution in [0, 0.1) is 0 Å². The highest BCUT2D eigenvalue weighted by atomic mass is 16.7. The minimum Gasteiger partial charge on any atom is -0.504 e. The second-order valence-electron chi connectivity index (χ2n) is 15.6. The molecule has 0 unspecified atom stereocenters. The second kappa shape index (κ2) is 20.7. The lowest BCUT2D eigenvalue weighted by Crippen LogP contribution is -2.60. The maximum atomic E-state index is 12.9. The molecular weight excluding hydrogens is 900 g/mol. The van der Waals surface area contributed by atoms with Crippen LogP contribution < -0.4 is 24.4 Å². The Bertz CT molecular complexity index is 2400. The number of esters is 1. The van der Waals surface area contributed by atoms with E-state index in [-0.39, 0.29) is 57.0 Å². The number of hydrogen-bond donors (Lipinski definition) is 13. The summed E-state index contributed by atoms with van der Waals surface area (Å²) in [5.41, 5.74) is -0.344. The van der Waals surface area contributed by atoms with E-state index >= 15 is 0 Å². The SMILES string of the molecule is COc1cc(-c2oc3cc(=O)cc(O[C@@H]4O[C@H](CO)[C@@H](O)[C@H](O)[C@H]4O)c-3cc2O[C@@H]2O[C@H](COC(=O)/C=C/c3ccc(O)c(O[C@@H]4O[C@H](CO)[C@@H](O)[C@H](O)[C@H]4O)c3)[C@@H](O)[C@H](O)[C@H]2O)ccc1O. The zero-order chi connectivity index (χ0) is 48.4. The molecule has 0 aromatic heterocycles. The fraction of sp³-hybridized carbons (Fsp3) is 0.442. The molecule has 0 saturated carbocycles. The van der Waals surface area contributed by atoms with Crippen LogP contribution in [0.1, 0.15) is 5.56 Å². The van der Waals surface area contributed by atoms with Crippen molar-refractivity contribution in [3.05, 3.63) is 76.5 Å². The lowest BCUT2D eigenvalue weighted by molar-refractivity contribution is -0.278. The van der Waals surface area contributed by atoms with Gasteiger partial charge in [0.1, 0.15) is 91.4 Å². The normalized spacial score (nSPS) is 32.2. The number of phenolic OH excluding ortho intramolecular Hbond substituents is 2. The van der Waals surface area contributed by atoms with Crippen molar-refractivity contribution < 1.29 is 113 Å². The van der Waals surface area contributed by atoms with Crippen LogP contribution in [0.4, 0.5) is 0 Å². The van der Waals surface area contributed by atoms with Gasteiger partial charge in [0.25, 0.3) is 0 Å². The Morgan fingerprint density at radius 1 is 0.597 bits per heavy atom. The number of ether oxygens (including phenoxy) is 8. The summed E-state index contributed by atoms with van der Waals surface area (Å²) in [4.78, 5) is 25.8. The van der Waals surface area contributed by atoms with Crippen molar-refractivity contribution in [3.63, 3.8) is 0 Å². The van der Waals surface area contributed by atoms with E-state index in [2.05, 4.69) is 0 Å². The van der Waals surface area contributed by atoms with Crippen LogP contribution in [0.3, 0.4) is 0 Å². The summed E-state index contributed by atoms with van der Waals surface area (Å²) < 4.78 is 50.6. The van der Waals surface area contributed by atoms with Gasteiger partial charge < -0.3 is 109 Å². The minimum absolute atomic E-state index is 0.0290. The highest BCUT2D eigenvalue weighted by Gasteiger charge is 2.48. The van der Waals surface area contributed by atoms with E-state index in [0.717, 1.165) is 18.2 Å². The summed E-state index contributed by atoms with van der Waals surface area (Å²) in [5.74, 6) is -3.00. The van der Waals surface area contributed by atoms with Gasteiger partial charge in [0.05, 0.1) is 25.9 Å². The number of aliphatic hydroxyl groups excluding tert-OH is 11. The van der Waals surface area contributed by atoms with E-state index in [4.69, 9.17) is 42.3 Å². The Labute approximate surface area is 377 Å². The quantitative estimate of drug-likeness (QED) is 0.0433. The van der Waals surface area contributed by atoms with Crippen LogP contribution >= 0.6 is 0 Å². The average molecular weight is 949 g/mol. The van der Waals surface area contributed by atoms with Crippen molar-refractivity contribution in [1.29, 1.82) is 0 Å². The molecule has 13 N–H and O–H groups in total. The number of rotatable bonds is 14. The number of benzene rings is 3. The van der Waals surface area contributed by atoms with E-state index in [1.807, 2.05) is 0 Å². The first-order valence-electron chi connectivity index (χ1n) is 20.4. The molecule has 0 spiro atoms. The number of carbonyl (C=O) groups excluding carboxylic acids is 1. The highest BCUT2D eigenvalue weighted by molar-refractivity contribution is 5.87. The summed E-state index contributed by atoms with van der Waals surface area (Å²) in [6, 6.07) is 11.0. The average Bonchev–Trinajstić information content (AvgIpc) is 3.31. The number of aliphatic hydroxyl groups is 11. The van der Waals surface area contributed by atoms with Crippen molar-refractivity contribution in [2.24, 2.45) is 0 Å². The van der Waals surface area contributed by atoms with Gasteiger partial charge >= 0.3 is 5.97 Å². The topological polar surface area (TPSA) is 384 Å². The molecule has 2 aromatic rings. The Kier molecular flexibility index (Phi) is 15.2. The second-order valence-corrected chi connectivity index (χ2v) is 15.6. The van der Waals surface area contributed by atoms with Crippen molar-refractivity contribution in [3.8, 4) is 57.1 Å². The Morgan fingerprint density at radius 2 is 1.12 bits per heavy atom. The molecule has 4 heterocycles. The molecule has 364 valence electrons. The molecule has 0 amide bonds. The van der Waals surface area contributed by atoms with Crippen LogP contribution in [0.2, 0.25) is 0 Å². The molecule has 0 bridgehead atoms. The largest absolute Gasteiger partial charge is 0.504 e. The van der Waals surface area contributed by atoms with Crippen LogP contribution in [-0.4, -0.2) is 191 Å².